The maximum absolute atomic E-state index is 14.8. The maximum Gasteiger partial charge on any atom is 0.247 e. The third-order valence-electron chi connectivity index (χ3n) is 4.37. The summed E-state index contributed by atoms with van der Waals surface area (Å²) in [5.41, 5.74) is 1.55. The van der Waals surface area contributed by atoms with Crippen LogP contribution in [0.1, 0.15) is 25.6 Å². The van der Waals surface area contributed by atoms with Crippen LogP contribution in [0.3, 0.4) is 0 Å². The number of hydrogen-bond acceptors (Lipinski definition) is 6. The Morgan fingerprint density at radius 3 is 2.76 bits per heavy atom. The molecule has 0 radical (unpaired) electrons. The molecule has 1 amide bonds. The molecule has 9 heteroatoms. The van der Waals surface area contributed by atoms with E-state index in [4.69, 9.17) is 16.3 Å². The van der Waals surface area contributed by atoms with Crippen molar-refractivity contribution < 1.29 is 13.9 Å². The van der Waals surface area contributed by atoms with Crippen LogP contribution >= 0.6 is 23.4 Å². The molecule has 2 heterocycles. The first-order chi connectivity index (χ1) is 14.0. The fourth-order valence-corrected chi connectivity index (χ4v) is 3.94. The minimum absolute atomic E-state index is 0.0512. The number of rotatable bonds is 3. The second-order valence-corrected chi connectivity index (χ2v) is 7.83. The van der Waals surface area contributed by atoms with Crippen molar-refractivity contribution in [3.05, 3.63) is 58.9 Å². The van der Waals surface area contributed by atoms with Gasteiger partial charge in [-0.15, -0.1) is 10.2 Å². The lowest BCUT2D eigenvalue weighted by molar-refractivity contribution is -0.118. The van der Waals surface area contributed by atoms with Crippen molar-refractivity contribution in [2.75, 3.05) is 10.7 Å². The second-order valence-electron chi connectivity index (χ2n) is 6.19. The number of anilines is 1. The van der Waals surface area contributed by atoms with Gasteiger partial charge in [0.15, 0.2) is 5.69 Å². The lowest BCUT2D eigenvalue weighted by Crippen LogP contribution is -2.36. The van der Waals surface area contributed by atoms with E-state index >= 15 is 0 Å². The lowest BCUT2D eigenvalue weighted by Gasteiger charge is -2.30. The van der Waals surface area contributed by atoms with Gasteiger partial charge in [-0.05, 0) is 24.0 Å². The minimum atomic E-state index is -1.15. The van der Waals surface area contributed by atoms with Gasteiger partial charge in [0.2, 0.25) is 23.2 Å². The van der Waals surface area contributed by atoms with Gasteiger partial charge >= 0.3 is 0 Å². The van der Waals surface area contributed by atoms with Crippen molar-refractivity contribution in [3.8, 4) is 17.1 Å². The van der Waals surface area contributed by atoms with Crippen LogP contribution in [0.25, 0.3) is 11.3 Å². The van der Waals surface area contributed by atoms with Gasteiger partial charge in [0.05, 0.1) is 16.3 Å². The zero-order chi connectivity index (χ0) is 20.5. The summed E-state index contributed by atoms with van der Waals surface area (Å²) in [6, 6.07) is 11.5. The summed E-state index contributed by atoms with van der Waals surface area (Å²) >= 11 is 7.71. The van der Waals surface area contributed by atoms with Gasteiger partial charge in [0.25, 0.3) is 0 Å². The Labute approximate surface area is 176 Å². The number of ether oxygens (including phenoxy) is 1. The predicted octanol–water partition coefficient (Wildman–Crippen LogP) is 4.89. The number of benzene rings is 2. The molecular weight excluding hydrogens is 415 g/mol. The van der Waals surface area contributed by atoms with E-state index in [1.807, 2.05) is 13.0 Å². The molecule has 1 aliphatic rings. The highest BCUT2D eigenvalue weighted by Crippen LogP contribution is 2.44. The number of carbonyl (C=O) groups is 1. The number of aromatic nitrogens is 3. The quantitative estimate of drug-likeness (QED) is 0.551. The topological polar surface area (TPSA) is 68.2 Å². The van der Waals surface area contributed by atoms with Crippen molar-refractivity contribution in [3.63, 3.8) is 0 Å². The molecular formula is C20H16ClFN4O2S. The Morgan fingerprint density at radius 1 is 1.24 bits per heavy atom. The van der Waals surface area contributed by atoms with Crippen LogP contribution in [0.2, 0.25) is 5.02 Å². The number of amides is 1. The van der Waals surface area contributed by atoms with E-state index in [1.165, 1.54) is 35.7 Å². The average Bonchev–Trinajstić information content (AvgIpc) is 2.82. The molecule has 0 aliphatic carbocycles. The highest BCUT2D eigenvalue weighted by molar-refractivity contribution is 7.99. The molecule has 1 atom stereocenters. The smallest absolute Gasteiger partial charge is 0.247 e. The molecule has 0 bridgehead atoms. The van der Waals surface area contributed by atoms with Gasteiger partial charge in [-0.1, -0.05) is 54.6 Å². The zero-order valence-electron chi connectivity index (χ0n) is 15.6. The van der Waals surface area contributed by atoms with Gasteiger partial charge in [-0.2, -0.15) is 4.98 Å². The SMILES string of the molecule is CCSc1nnc2c(n1)O[C@@H](c1c(F)cccc1Cl)N(C(C)=O)c1ccccc1-2. The summed E-state index contributed by atoms with van der Waals surface area (Å²) in [6.07, 6.45) is -1.15. The van der Waals surface area contributed by atoms with Crippen molar-refractivity contribution in [1.29, 1.82) is 0 Å². The van der Waals surface area contributed by atoms with E-state index < -0.39 is 12.0 Å². The van der Waals surface area contributed by atoms with Gasteiger partial charge in [0.1, 0.15) is 5.82 Å². The molecule has 4 rings (SSSR count). The minimum Gasteiger partial charge on any atom is -0.447 e. The van der Waals surface area contributed by atoms with Gasteiger partial charge in [-0.25, -0.2) is 4.39 Å². The maximum atomic E-state index is 14.8. The van der Waals surface area contributed by atoms with Crippen LogP contribution in [0.15, 0.2) is 47.6 Å². The summed E-state index contributed by atoms with van der Waals surface area (Å²) < 4.78 is 20.9. The van der Waals surface area contributed by atoms with Crippen LogP contribution in [0, 0.1) is 5.82 Å². The summed E-state index contributed by atoms with van der Waals surface area (Å²) in [4.78, 5) is 18.5. The van der Waals surface area contributed by atoms with Crippen molar-refractivity contribution >= 4 is 35.0 Å². The Bertz CT molecular complexity index is 1080. The van der Waals surface area contributed by atoms with Gasteiger partial charge < -0.3 is 4.74 Å². The monoisotopic (exact) mass is 430 g/mol. The molecule has 29 heavy (non-hydrogen) atoms. The number of thioether (sulfide) groups is 1. The molecule has 0 unspecified atom stereocenters. The lowest BCUT2D eigenvalue weighted by atomic mass is 10.1. The molecule has 148 valence electrons. The summed E-state index contributed by atoms with van der Waals surface area (Å²) in [5.74, 6) is -0.0128. The van der Waals surface area contributed by atoms with Crippen molar-refractivity contribution in [2.24, 2.45) is 0 Å². The molecule has 0 fully saturated rings. The van der Waals surface area contributed by atoms with Gasteiger partial charge in [0, 0.05) is 12.5 Å². The first kappa shape index (κ1) is 19.6. The van der Waals surface area contributed by atoms with E-state index in [9.17, 15) is 9.18 Å². The zero-order valence-corrected chi connectivity index (χ0v) is 17.2. The molecule has 0 spiro atoms. The Balaban J connectivity index is 1.99. The average molecular weight is 431 g/mol. The molecule has 0 saturated carbocycles. The number of hydrogen-bond donors (Lipinski definition) is 0. The van der Waals surface area contributed by atoms with Crippen molar-refractivity contribution in [2.45, 2.75) is 25.2 Å². The van der Waals surface area contributed by atoms with Gasteiger partial charge in [-0.3, -0.25) is 9.69 Å². The number of nitrogens with zero attached hydrogens (tertiary/aromatic N) is 4. The standard InChI is InChI=1S/C20H16ClFN4O2S/c1-3-29-20-23-18-17(24-25-20)12-7-4-5-10-15(12)26(11(2)27)19(28-18)16-13(21)8-6-9-14(16)22/h4-10,19H,3H2,1-2H3/t19-/m0/s1. The van der Waals surface area contributed by atoms with Crippen LogP contribution in [0.4, 0.5) is 10.1 Å². The molecule has 0 N–H and O–H groups in total. The predicted molar refractivity (Wildman–Crippen MR) is 110 cm³/mol. The fourth-order valence-electron chi connectivity index (χ4n) is 3.18. The van der Waals surface area contributed by atoms with E-state index in [0.29, 0.717) is 22.1 Å². The van der Waals surface area contributed by atoms with E-state index in [-0.39, 0.29) is 22.4 Å². The largest absolute Gasteiger partial charge is 0.447 e. The van der Waals surface area contributed by atoms with Crippen LogP contribution in [-0.4, -0.2) is 26.8 Å². The Morgan fingerprint density at radius 2 is 2.03 bits per heavy atom. The van der Waals surface area contributed by atoms with Crippen LogP contribution in [-0.2, 0) is 4.79 Å². The summed E-state index contributed by atoms with van der Waals surface area (Å²) in [5, 5.41) is 9.00. The Kier molecular flexibility index (Phi) is 5.38. The highest BCUT2D eigenvalue weighted by atomic mass is 35.5. The molecule has 3 aromatic rings. The molecule has 2 aromatic carbocycles. The molecule has 0 saturated heterocycles. The third kappa shape index (κ3) is 3.54. The summed E-state index contributed by atoms with van der Waals surface area (Å²) in [7, 11) is 0. The van der Waals surface area contributed by atoms with E-state index in [2.05, 4.69) is 15.2 Å². The Hall–Kier alpha value is -2.71. The van der Waals surface area contributed by atoms with E-state index in [1.54, 1.807) is 24.3 Å². The molecule has 1 aliphatic heterocycles. The third-order valence-corrected chi connectivity index (χ3v) is 5.42. The number of fused-ring (bicyclic) bond motifs is 3. The summed E-state index contributed by atoms with van der Waals surface area (Å²) in [6.45, 7) is 3.35. The molecule has 1 aromatic heterocycles. The highest BCUT2D eigenvalue weighted by Gasteiger charge is 2.37. The number of halogens is 2. The van der Waals surface area contributed by atoms with E-state index in [0.717, 1.165) is 5.75 Å². The number of carbonyl (C=O) groups excluding carboxylic acids is 1. The second kappa shape index (κ2) is 7.96. The first-order valence-electron chi connectivity index (χ1n) is 8.88. The first-order valence-corrected chi connectivity index (χ1v) is 10.2. The van der Waals surface area contributed by atoms with Crippen LogP contribution in [0.5, 0.6) is 5.88 Å². The van der Waals surface area contributed by atoms with Crippen LogP contribution < -0.4 is 9.64 Å². The normalized spacial score (nSPS) is 15.2. The van der Waals surface area contributed by atoms with Crippen molar-refractivity contribution in [1.82, 2.24) is 15.2 Å². The fraction of sp³-hybridized carbons (Fsp3) is 0.200. The molecule has 6 nitrogen and oxygen atoms in total. The number of para-hydroxylation sites is 1.